The zero-order valence-corrected chi connectivity index (χ0v) is 7.37. The molecule has 0 fully saturated rings. The van der Waals surface area contributed by atoms with Crippen molar-refractivity contribution in [3.63, 3.8) is 0 Å². The Morgan fingerprint density at radius 1 is 1.44 bits per heavy atom. The molecule has 0 aromatic rings. The van der Waals surface area contributed by atoms with Crippen molar-refractivity contribution >= 4 is 12.4 Å². The number of halogens is 1. The average Bonchev–Trinajstić information content (AvgIpc) is 1.67. The molecule has 0 bridgehead atoms. The molecule has 2 heteroatoms. The summed E-state index contributed by atoms with van der Waals surface area (Å²) in [6.45, 7) is 8.10. The molecule has 0 aliphatic carbocycles. The van der Waals surface area contributed by atoms with E-state index in [0.717, 1.165) is 11.0 Å². The van der Waals surface area contributed by atoms with Crippen molar-refractivity contribution in [2.75, 3.05) is 27.2 Å². The molecule has 0 amide bonds. The SMILES string of the molecule is C=CC[N+](C)(C)CC.Cl. The second-order valence-corrected chi connectivity index (χ2v) is 2.72. The molecule has 0 saturated heterocycles. The minimum Gasteiger partial charge on any atom is -0.325 e. The zero-order valence-electron chi connectivity index (χ0n) is 6.55. The van der Waals surface area contributed by atoms with Gasteiger partial charge in [0.1, 0.15) is 0 Å². The molecule has 0 heterocycles. The molecule has 0 aromatic carbocycles. The van der Waals surface area contributed by atoms with Crippen molar-refractivity contribution in [1.29, 1.82) is 0 Å². The van der Waals surface area contributed by atoms with Crippen LogP contribution in [0.25, 0.3) is 0 Å². The summed E-state index contributed by atoms with van der Waals surface area (Å²) in [5, 5.41) is 0. The van der Waals surface area contributed by atoms with Gasteiger partial charge in [-0.3, -0.25) is 0 Å². The van der Waals surface area contributed by atoms with Gasteiger partial charge >= 0.3 is 0 Å². The van der Waals surface area contributed by atoms with E-state index in [0.29, 0.717) is 0 Å². The monoisotopic (exact) mass is 150 g/mol. The molecule has 0 atom stereocenters. The van der Waals surface area contributed by atoms with Crippen molar-refractivity contribution in [2.45, 2.75) is 6.92 Å². The maximum atomic E-state index is 3.68. The molecule has 0 rings (SSSR count). The molecule has 0 N–H and O–H groups in total. The normalized spacial score (nSPS) is 10.1. The van der Waals surface area contributed by atoms with Crippen molar-refractivity contribution in [3.05, 3.63) is 12.7 Å². The van der Waals surface area contributed by atoms with Crippen molar-refractivity contribution < 1.29 is 4.48 Å². The maximum absolute atomic E-state index is 3.68. The average molecular weight is 151 g/mol. The van der Waals surface area contributed by atoms with Crippen LogP contribution in [0.15, 0.2) is 12.7 Å². The number of hydrogen-bond donors (Lipinski definition) is 0. The lowest BCUT2D eigenvalue weighted by Gasteiger charge is -2.26. The Bertz CT molecular complexity index is 79.0. The first-order chi connectivity index (χ1) is 3.62. The zero-order chi connectivity index (χ0) is 6.62. The summed E-state index contributed by atoms with van der Waals surface area (Å²) in [7, 11) is 4.39. The van der Waals surface area contributed by atoms with Crippen LogP contribution < -0.4 is 0 Å². The second kappa shape index (κ2) is 4.83. The number of likely N-dealkylation sites (N-methyl/N-ethyl adjacent to an activating group) is 1. The molecule has 0 spiro atoms. The van der Waals surface area contributed by atoms with Crippen LogP contribution >= 0.6 is 12.4 Å². The van der Waals surface area contributed by atoms with E-state index in [2.05, 4.69) is 27.6 Å². The Labute approximate surface area is 64.4 Å². The van der Waals surface area contributed by atoms with Crippen molar-refractivity contribution in [3.8, 4) is 0 Å². The second-order valence-electron chi connectivity index (χ2n) is 2.72. The van der Waals surface area contributed by atoms with Gasteiger partial charge in [0.2, 0.25) is 0 Å². The van der Waals surface area contributed by atoms with E-state index in [-0.39, 0.29) is 12.4 Å². The molecule has 0 aliphatic heterocycles. The van der Waals surface area contributed by atoms with Crippen LogP contribution in [0.1, 0.15) is 6.92 Å². The number of hydrogen-bond acceptors (Lipinski definition) is 0. The summed E-state index contributed by atoms with van der Waals surface area (Å²) in [4.78, 5) is 0. The van der Waals surface area contributed by atoms with Crippen LogP contribution in [0.4, 0.5) is 0 Å². The summed E-state index contributed by atoms with van der Waals surface area (Å²) < 4.78 is 1.05. The Morgan fingerprint density at radius 3 is 2.00 bits per heavy atom. The molecule has 9 heavy (non-hydrogen) atoms. The third-order valence-corrected chi connectivity index (χ3v) is 1.48. The Hall–Kier alpha value is -0.0100. The quantitative estimate of drug-likeness (QED) is 0.425. The van der Waals surface area contributed by atoms with Crippen LogP contribution in [-0.4, -0.2) is 31.7 Å². The Kier molecular flexibility index (Phi) is 6.30. The summed E-state index contributed by atoms with van der Waals surface area (Å²) >= 11 is 0. The minimum absolute atomic E-state index is 0. The molecule has 0 saturated carbocycles. The van der Waals surface area contributed by atoms with Gasteiger partial charge in [0.05, 0.1) is 27.2 Å². The van der Waals surface area contributed by atoms with Crippen LogP contribution in [0, 0.1) is 0 Å². The van der Waals surface area contributed by atoms with Gasteiger partial charge < -0.3 is 4.48 Å². The molecule has 0 unspecified atom stereocenters. The summed E-state index contributed by atoms with van der Waals surface area (Å²) in [5.74, 6) is 0. The fraction of sp³-hybridized carbons (Fsp3) is 0.714. The standard InChI is InChI=1S/C7H16N.ClH/c1-5-7-8(3,4)6-2;/h5H,1,6-7H2,2-4H3;1H/q+1;. The first kappa shape index (κ1) is 11.7. The molecule has 0 radical (unpaired) electrons. The third-order valence-electron chi connectivity index (χ3n) is 1.48. The van der Waals surface area contributed by atoms with Crippen LogP contribution in [0.3, 0.4) is 0 Å². The van der Waals surface area contributed by atoms with E-state index in [4.69, 9.17) is 0 Å². The smallest absolute Gasteiger partial charge is 0.0966 e. The summed E-state index contributed by atoms with van der Waals surface area (Å²) in [6.07, 6.45) is 1.96. The van der Waals surface area contributed by atoms with Gasteiger partial charge in [-0.2, -0.15) is 0 Å². The van der Waals surface area contributed by atoms with Gasteiger partial charge in [0.25, 0.3) is 0 Å². The fourth-order valence-electron chi connectivity index (χ4n) is 0.479. The molecule has 0 aliphatic rings. The van der Waals surface area contributed by atoms with Crippen LogP contribution in [0.5, 0.6) is 0 Å². The van der Waals surface area contributed by atoms with Gasteiger partial charge in [0, 0.05) is 0 Å². The molecular weight excluding hydrogens is 134 g/mol. The lowest BCUT2D eigenvalue weighted by molar-refractivity contribution is -0.882. The van der Waals surface area contributed by atoms with E-state index in [1.165, 1.54) is 6.54 Å². The van der Waals surface area contributed by atoms with Gasteiger partial charge in [0.15, 0.2) is 0 Å². The van der Waals surface area contributed by atoms with Gasteiger partial charge in [-0.25, -0.2) is 0 Å². The van der Waals surface area contributed by atoms with Gasteiger partial charge in [-0.05, 0) is 13.0 Å². The fourth-order valence-corrected chi connectivity index (χ4v) is 0.479. The number of rotatable bonds is 3. The highest BCUT2D eigenvalue weighted by molar-refractivity contribution is 5.85. The van der Waals surface area contributed by atoms with E-state index < -0.39 is 0 Å². The van der Waals surface area contributed by atoms with Gasteiger partial charge in [-0.15, -0.1) is 12.4 Å². The molecule has 1 nitrogen and oxygen atoms in total. The lowest BCUT2D eigenvalue weighted by Crippen LogP contribution is -2.38. The number of nitrogens with zero attached hydrogens (tertiary/aromatic N) is 1. The van der Waals surface area contributed by atoms with Crippen molar-refractivity contribution in [1.82, 2.24) is 0 Å². The van der Waals surface area contributed by atoms with E-state index in [1.807, 2.05) is 6.08 Å². The predicted molar refractivity (Wildman–Crippen MR) is 45.0 cm³/mol. The van der Waals surface area contributed by atoms with Crippen molar-refractivity contribution in [2.24, 2.45) is 0 Å². The first-order valence-electron chi connectivity index (χ1n) is 3.05. The highest BCUT2D eigenvalue weighted by Crippen LogP contribution is 1.93. The lowest BCUT2D eigenvalue weighted by atomic mass is 10.4. The highest BCUT2D eigenvalue weighted by Gasteiger charge is 2.06. The number of quaternary nitrogens is 1. The summed E-state index contributed by atoms with van der Waals surface area (Å²) in [5.41, 5.74) is 0. The molecule has 56 valence electrons. The topological polar surface area (TPSA) is 0 Å². The van der Waals surface area contributed by atoms with E-state index in [1.54, 1.807) is 0 Å². The van der Waals surface area contributed by atoms with E-state index in [9.17, 15) is 0 Å². The van der Waals surface area contributed by atoms with Crippen LogP contribution in [0.2, 0.25) is 0 Å². The highest BCUT2D eigenvalue weighted by atomic mass is 35.5. The van der Waals surface area contributed by atoms with Gasteiger partial charge in [-0.1, -0.05) is 6.58 Å². The molecule has 0 aromatic heterocycles. The Balaban J connectivity index is 0. The largest absolute Gasteiger partial charge is 0.325 e. The van der Waals surface area contributed by atoms with Crippen LogP contribution in [-0.2, 0) is 0 Å². The minimum atomic E-state index is 0. The molecular formula is C7H17ClN+. The predicted octanol–water partition coefficient (Wildman–Crippen LogP) is 1.69. The maximum Gasteiger partial charge on any atom is 0.0966 e. The third kappa shape index (κ3) is 5.87. The Morgan fingerprint density at radius 2 is 1.89 bits per heavy atom. The van der Waals surface area contributed by atoms with E-state index >= 15 is 0 Å². The first-order valence-corrected chi connectivity index (χ1v) is 3.05. The summed E-state index contributed by atoms with van der Waals surface area (Å²) in [6, 6.07) is 0.